The van der Waals surface area contributed by atoms with Gasteiger partial charge in [-0.25, -0.2) is 14.1 Å². The molecule has 3 aromatic rings. The molecule has 0 aliphatic rings. The Hall–Kier alpha value is -2.91. The van der Waals surface area contributed by atoms with E-state index in [1.54, 1.807) is 31.0 Å². The number of thiazole rings is 1. The minimum atomic E-state index is -0.313. The predicted molar refractivity (Wildman–Crippen MR) is 124 cm³/mol. The van der Waals surface area contributed by atoms with E-state index >= 15 is 0 Å². The topological polar surface area (TPSA) is 71.3 Å². The molecule has 0 radical (unpaired) electrons. The zero-order valence-corrected chi connectivity index (χ0v) is 20.1. The lowest BCUT2D eigenvalue weighted by Crippen LogP contribution is -2.36. The highest BCUT2D eigenvalue weighted by atomic mass is 32.1. The first kappa shape index (κ1) is 23.7. The molecule has 9 heteroatoms. The zero-order chi connectivity index (χ0) is 23.6. The number of amides is 1. The van der Waals surface area contributed by atoms with Crippen LogP contribution in [0.1, 0.15) is 32.2 Å². The number of halogens is 1. The fourth-order valence-electron chi connectivity index (χ4n) is 3.33. The minimum absolute atomic E-state index is 0.155. The number of aryl methyl sites for hydroxylation is 3. The van der Waals surface area contributed by atoms with Gasteiger partial charge in [0.25, 0.3) is 11.5 Å². The minimum Gasteiger partial charge on any atom is -0.332 e. The van der Waals surface area contributed by atoms with E-state index in [-0.39, 0.29) is 17.3 Å². The Bertz CT molecular complexity index is 1180. The Kier molecular flexibility index (Phi) is 7.20. The van der Waals surface area contributed by atoms with Gasteiger partial charge in [0.05, 0.1) is 17.0 Å². The maximum absolute atomic E-state index is 13.5. The SMILES string of the molecule is Cc1nc(-c2c(C)c(C)nn(C)c2=O)sc1C(=O)N(CCN(C)C)Cc1ccc(F)cc1. The number of carbonyl (C=O) groups excluding carboxylic acids is 1. The van der Waals surface area contributed by atoms with Crippen molar-refractivity contribution >= 4 is 17.2 Å². The number of hydrogen-bond donors (Lipinski definition) is 0. The molecule has 0 aliphatic carbocycles. The van der Waals surface area contributed by atoms with Crippen molar-refractivity contribution < 1.29 is 9.18 Å². The van der Waals surface area contributed by atoms with Crippen LogP contribution in [0.5, 0.6) is 0 Å². The lowest BCUT2D eigenvalue weighted by molar-refractivity contribution is 0.0736. The van der Waals surface area contributed by atoms with Gasteiger partial charge in [-0.05, 0) is 58.1 Å². The first-order valence-corrected chi connectivity index (χ1v) is 11.1. The molecule has 0 fully saturated rings. The summed E-state index contributed by atoms with van der Waals surface area (Å²) in [6.07, 6.45) is 0. The largest absolute Gasteiger partial charge is 0.332 e. The van der Waals surface area contributed by atoms with Gasteiger partial charge in [0.1, 0.15) is 15.7 Å². The van der Waals surface area contributed by atoms with E-state index in [1.165, 1.54) is 28.2 Å². The maximum atomic E-state index is 13.5. The molecule has 1 amide bonds. The number of benzene rings is 1. The fraction of sp³-hybridized carbons (Fsp3) is 0.391. The summed E-state index contributed by atoms with van der Waals surface area (Å²) in [5, 5.41) is 4.74. The molecule has 7 nitrogen and oxygen atoms in total. The van der Waals surface area contributed by atoms with Crippen molar-refractivity contribution in [2.75, 3.05) is 27.2 Å². The molecule has 2 heterocycles. The first-order valence-electron chi connectivity index (χ1n) is 10.3. The molecule has 1 aromatic carbocycles. The molecule has 0 saturated carbocycles. The molecule has 0 spiro atoms. The highest BCUT2D eigenvalue weighted by Crippen LogP contribution is 2.29. The van der Waals surface area contributed by atoms with Crippen LogP contribution in [0.2, 0.25) is 0 Å². The quantitative estimate of drug-likeness (QED) is 0.545. The molecular formula is C23H28FN5O2S. The molecule has 0 atom stereocenters. The van der Waals surface area contributed by atoms with Crippen molar-refractivity contribution in [3.63, 3.8) is 0 Å². The average molecular weight is 458 g/mol. The summed E-state index contributed by atoms with van der Waals surface area (Å²) in [6, 6.07) is 6.15. The zero-order valence-electron chi connectivity index (χ0n) is 19.3. The van der Waals surface area contributed by atoms with Crippen LogP contribution in [-0.2, 0) is 13.6 Å². The van der Waals surface area contributed by atoms with Crippen LogP contribution in [0.15, 0.2) is 29.1 Å². The Labute approximate surface area is 191 Å². The number of nitrogens with zero attached hydrogens (tertiary/aromatic N) is 5. The molecule has 170 valence electrons. The summed E-state index contributed by atoms with van der Waals surface area (Å²) in [6.45, 7) is 7.01. The summed E-state index contributed by atoms with van der Waals surface area (Å²) >= 11 is 1.23. The van der Waals surface area contributed by atoms with Gasteiger partial charge >= 0.3 is 0 Å². The highest BCUT2D eigenvalue weighted by Gasteiger charge is 2.24. The molecule has 2 aromatic heterocycles. The van der Waals surface area contributed by atoms with Crippen molar-refractivity contribution in [2.24, 2.45) is 7.05 Å². The summed E-state index contributed by atoms with van der Waals surface area (Å²) in [4.78, 5) is 35.1. The van der Waals surface area contributed by atoms with Crippen LogP contribution in [0.4, 0.5) is 4.39 Å². The van der Waals surface area contributed by atoms with Gasteiger partial charge in [-0.3, -0.25) is 9.59 Å². The number of aromatic nitrogens is 3. The second-order valence-corrected chi connectivity index (χ2v) is 9.10. The monoisotopic (exact) mass is 457 g/mol. The standard InChI is InChI=1S/C23H28FN5O2S/c1-14-15(2)26-28(6)22(30)19(14)21-25-16(3)20(32-21)23(31)29(12-11-27(4)5)13-17-7-9-18(24)10-8-17/h7-10H,11-13H2,1-6H3. The van der Waals surface area contributed by atoms with Crippen molar-refractivity contribution in [1.29, 1.82) is 0 Å². The smallest absolute Gasteiger partial charge is 0.277 e. The van der Waals surface area contributed by atoms with Crippen molar-refractivity contribution in [3.05, 3.63) is 67.8 Å². The van der Waals surface area contributed by atoms with E-state index in [1.807, 2.05) is 32.8 Å². The van der Waals surface area contributed by atoms with E-state index in [2.05, 4.69) is 10.1 Å². The predicted octanol–water partition coefficient (Wildman–Crippen LogP) is 3.17. The van der Waals surface area contributed by atoms with Crippen LogP contribution in [0.25, 0.3) is 10.6 Å². The van der Waals surface area contributed by atoms with Crippen molar-refractivity contribution in [1.82, 2.24) is 24.6 Å². The van der Waals surface area contributed by atoms with Crippen LogP contribution in [0.3, 0.4) is 0 Å². The van der Waals surface area contributed by atoms with Crippen LogP contribution in [-0.4, -0.2) is 57.7 Å². The fourth-order valence-corrected chi connectivity index (χ4v) is 4.46. The molecule has 0 N–H and O–H groups in total. The van der Waals surface area contributed by atoms with Gasteiger partial charge in [0.2, 0.25) is 0 Å². The summed E-state index contributed by atoms with van der Waals surface area (Å²) in [5.41, 5.74) is 3.17. The second-order valence-electron chi connectivity index (χ2n) is 8.10. The third kappa shape index (κ3) is 5.11. The number of carbonyl (C=O) groups is 1. The first-order chi connectivity index (χ1) is 15.1. The Morgan fingerprint density at radius 3 is 2.38 bits per heavy atom. The average Bonchev–Trinajstić information content (AvgIpc) is 3.11. The molecule has 3 rings (SSSR count). The Morgan fingerprint density at radius 1 is 1.09 bits per heavy atom. The van der Waals surface area contributed by atoms with Crippen LogP contribution < -0.4 is 5.56 Å². The van der Waals surface area contributed by atoms with Gasteiger partial charge in [0, 0.05) is 26.7 Å². The van der Waals surface area contributed by atoms with Crippen molar-refractivity contribution in [3.8, 4) is 10.6 Å². The number of rotatable bonds is 7. The maximum Gasteiger partial charge on any atom is 0.277 e. The van der Waals surface area contributed by atoms with Crippen LogP contribution in [0, 0.1) is 26.6 Å². The second kappa shape index (κ2) is 9.70. The van der Waals surface area contributed by atoms with E-state index in [0.717, 1.165) is 16.8 Å². The third-order valence-corrected chi connectivity index (χ3v) is 6.48. The lowest BCUT2D eigenvalue weighted by Gasteiger charge is -2.24. The normalized spacial score (nSPS) is 11.2. The van der Waals surface area contributed by atoms with E-state index in [9.17, 15) is 14.0 Å². The molecule has 0 saturated heterocycles. The highest BCUT2D eigenvalue weighted by molar-refractivity contribution is 7.17. The van der Waals surface area contributed by atoms with E-state index in [4.69, 9.17) is 0 Å². The molecular weight excluding hydrogens is 429 g/mol. The Morgan fingerprint density at radius 2 is 1.75 bits per heavy atom. The molecule has 32 heavy (non-hydrogen) atoms. The van der Waals surface area contributed by atoms with Crippen molar-refractivity contribution in [2.45, 2.75) is 27.3 Å². The van der Waals surface area contributed by atoms with E-state index < -0.39 is 0 Å². The summed E-state index contributed by atoms with van der Waals surface area (Å²) < 4.78 is 14.6. The Balaban J connectivity index is 1.98. The number of hydrogen-bond acceptors (Lipinski definition) is 6. The molecule has 0 bridgehead atoms. The number of likely N-dealkylation sites (N-methyl/N-ethyl adjacent to an activating group) is 1. The van der Waals surface area contributed by atoms with E-state index in [0.29, 0.717) is 40.8 Å². The van der Waals surface area contributed by atoms with Gasteiger partial charge in [-0.2, -0.15) is 5.10 Å². The van der Waals surface area contributed by atoms with Gasteiger partial charge in [0.15, 0.2) is 0 Å². The van der Waals surface area contributed by atoms with Gasteiger partial charge < -0.3 is 9.80 Å². The van der Waals surface area contributed by atoms with Crippen LogP contribution >= 0.6 is 11.3 Å². The third-order valence-electron chi connectivity index (χ3n) is 5.32. The van der Waals surface area contributed by atoms with Gasteiger partial charge in [-0.1, -0.05) is 12.1 Å². The lowest BCUT2D eigenvalue weighted by atomic mass is 10.1. The molecule has 0 unspecified atom stereocenters. The summed E-state index contributed by atoms with van der Waals surface area (Å²) in [5.74, 6) is -0.467. The summed E-state index contributed by atoms with van der Waals surface area (Å²) in [7, 11) is 5.50. The van der Waals surface area contributed by atoms with Gasteiger partial charge in [-0.15, -0.1) is 11.3 Å². The molecule has 0 aliphatic heterocycles.